The van der Waals surface area contributed by atoms with Crippen LogP contribution >= 0.6 is 0 Å². The summed E-state index contributed by atoms with van der Waals surface area (Å²) >= 11 is 0. The highest BCUT2D eigenvalue weighted by molar-refractivity contribution is 5.41. The molecule has 1 aliphatic carbocycles. The predicted molar refractivity (Wildman–Crippen MR) is 56.3 cm³/mol. The third kappa shape index (κ3) is 1.97. The van der Waals surface area contributed by atoms with Crippen LogP contribution in [0.5, 0.6) is 5.88 Å². The van der Waals surface area contributed by atoms with Gasteiger partial charge >= 0.3 is 0 Å². The summed E-state index contributed by atoms with van der Waals surface area (Å²) in [7, 11) is 0. The molecular formula is C11H16N2O. The summed E-state index contributed by atoms with van der Waals surface area (Å²) in [5, 5.41) is 0. The Labute approximate surface area is 84.3 Å². The average Bonchev–Trinajstić information content (AvgIpc) is 2.62. The number of nitrogens with two attached hydrogens (primary N) is 1. The number of aryl methyl sites for hydroxylation is 1. The molecule has 3 heteroatoms. The molecule has 0 unspecified atom stereocenters. The van der Waals surface area contributed by atoms with E-state index in [4.69, 9.17) is 10.5 Å². The molecule has 1 aliphatic rings. The molecule has 0 spiro atoms. The molecular weight excluding hydrogens is 176 g/mol. The molecule has 3 nitrogen and oxygen atoms in total. The number of pyridine rings is 1. The van der Waals surface area contributed by atoms with Crippen LogP contribution in [-0.2, 0) is 0 Å². The van der Waals surface area contributed by atoms with Crippen LogP contribution < -0.4 is 10.5 Å². The van der Waals surface area contributed by atoms with Gasteiger partial charge < -0.3 is 10.5 Å². The van der Waals surface area contributed by atoms with E-state index in [0.29, 0.717) is 11.8 Å². The van der Waals surface area contributed by atoms with E-state index in [0.717, 1.165) is 24.3 Å². The van der Waals surface area contributed by atoms with Crippen LogP contribution in [0.2, 0.25) is 0 Å². The van der Waals surface area contributed by atoms with Crippen LogP contribution in [0.25, 0.3) is 0 Å². The molecule has 1 aromatic rings. The minimum Gasteiger partial charge on any atom is -0.474 e. The van der Waals surface area contributed by atoms with E-state index in [9.17, 15) is 0 Å². The summed E-state index contributed by atoms with van der Waals surface area (Å²) in [6.07, 6.45) is 6.89. The molecule has 1 aromatic heterocycles. The highest BCUT2D eigenvalue weighted by atomic mass is 16.5. The fourth-order valence-corrected chi connectivity index (χ4v) is 1.87. The van der Waals surface area contributed by atoms with Crippen molar-refractivity contribution in [3.63, 3.8) is 0 Å². The smallest absolute Gasteiger partial charge is 0.216 e. The zero-order valence-corrected chi connectivity index (χ0v) is 8.49. The molecule has 0 bridgehead atoms. The minimum atomic E-state index is 0.366. The van der Waals surface area contributed by atoms with Crippen LogP contribution in [0.3, 0.4) is 0 Å². The SMILES string of the molecule is Cc1cc(N)cnc1OC1CCCC1. The first-order valence-electron chi connectivity index (χ1n) is 5.14. The Balaban J connectivity index is 2.08. The number of hydrogen-bond donors (Lipinski definition) is 1. The van der Waals surface area contributed by atoms with Gasteiger partial charge in [0.2, 0.25) is 5.88 Å². The van der Waals surface area contributed by atoms with Crippen molar-refractivity contribution in [3.8, 4) is 5.88 Å². The minimum absolute atomic E-state index is 0.366. The Morgan fingerprint density at radius 3 is 2.79 bits per heavy atom. The summed E-state index contributed by atoms with van der Waals surface area (Å²) in [6.45, 7) is 1.98. The number of aromatic nitrogens is 1. The van der Waals surface area contributed by atoms with Gasteiger partial charge in [0.1, 0.15) is 6.10 Å². The molecule has 1 heterocycles. The van der Waals surface area contributed by atoms with Crippen molar-refractivity contribution in [2.75, 3.05) is 5.73 Å². The Kier molecular flexibility index (Phi) is 2.57. The van der Waals surface area contributed by atoms with E-state index < -0.39 is 0 Å². The monoisotopic (exact) mass is 192 g/mol. The lowest BCUT2D eigenvalue weighted by Crippen LogP contribution is -2.12. The van der Waals surface area contributed by atoms with Crippen molar-refractivity contribution < 1.29 is 4.74 Å². The Bertz CT molecular complexity index is 319. The van der Waals surface area contributed by atoms with Crippen LogP contribution in [0.4, 0.5) is 5.69 Å². The van der Waals surface area contributed by atoms with Gasteiger partial charge in [0.25, 0.3) is 0 Å². The second-order valence-electron chi connectivity index (χ2n) is 3.92. The number of rotatable bonds is 2. The molecule has 0 saturated heterocycles. The Hall–Kier alpha value is -1.25. The zero-order chi connectivity index (χ0) is 9.97. The first-order valence-corrected chi connectivity index (χ1v) is 5.14. The summed E-state index contributed by atoms with van der Waals surface area (Å²) in [5.74, 6) is 0.742. The normalized spacial score (nSPS) is 17.2. The van der Waals surface area contributed by atoms with E-state index in [2.05, 4.69) is 4.98 Å². The zero-order valence-electron chi connectivity index (χ0n) is 8.49. The largest absolute Gasteiger partial charge is 0.474 e. The number of nitrogens with zero attached hydrogens (tertiary/aromatic N) is 1. The summed E-state index contributed by atoms with van der Waals surface area (Å²) in [4.78, 5) is 4.19. The summed E-state index contributed by atoms with van der Waals surface area (Å²) in [5.41, 5.74) is 7.34. The van der Waals surface area contributed by atoms with Gasteiger partial charge in [-0.3, -0.25) is 0 Å². The van der Waals surface area contributed by atoms with Gasteiger partial charge in [-0.2, -0.15) is 0 Å². The van der Waals surface area contributed by atoms with Gasteiger partial charge in [0.05, 0.1) is 11.9 Å². The third-order valence-corrected chi connectivity index (χ3v) is 2.63. The lowest BCUT2D eigenvalue weighted by molar-refractivity contribution is 0.200. The molecule has 0 amide bonds. The number of anilines is 1. The van der Waals surface area contributed by atoms with Gasteiger partial charge in [-0.25, -0.2) is 4.98 Å². The molecule has 0 aromatic carbocycles. The third-order valence-electron chi connectivity index (χ3n) is 2.63. The second kappa shape index (κ2) is 3.86. The Morgan fingerprint density at radius 2 is 2.14 bits per heavy atom. The maximum absolute atomic E-state index is 5.79. The molecule has 2 N–H and O–H groups in total. The van der Waals surface area contributed by atoms with Gasteiger partial charge in [-0.15, -0.1) is 0 Å². The van der Waals surface area contributed by atoms with E-state index >= 15 is 0 Å². The molecule has 0 atom stereocenters. The van der Waals surface area contributed by atoms with Gasteiger partial charge in [-0.05, 0) is 38.7 Å². The van der Waals surface area contributed by atoms with E-state index in [1.165, 1.54) is 12.8 Å². The van der Waals surface area contributed by atoms with Crippen molar-refractivity contribution in [1.29, 1.82) is 0 Å². The summed E-state index contributed by atoms with van der Waals surface area (Å²) in [6, 6.07) is 1.90. The van der Waals surface area contributed by atoms with Crippen LogP contribution in [0.1, 0.15) is 31.2 Å². The van der Waals surface area contributed by atoms with Crippen molar-refractivity contribution in [2.24, 2.45) is 0 Å². The van der Waals surface area contributed by atoms with Gasteiger partial charge in [0, 0.05) is 5.56 Å². The molecule has 2 rings (SSSR count). The molecule has 0 radical (unpaired) electrons. The molecule has 76 valence electrons. The highest BCUT2D eigenvalue weighted by Crippen LogP contribution is 2.25. The van der Waals surface area contributed by atoms with Crippen LogP contribution in [0.15, 0.2) is 12.3 Å². The lowest BCUT2D eigenvalue weighted by atomic mass is 10.2. The van der Waals surface area contributed by atoms with Gasteiger partial charge in [0.15, 0.2) is 0 Å². The number of ether oxygens (including phenoxy) is 1. The van der Waals surface area contributed by atoms with Crippen molar-refractivity contribution in [2.45, 2.75) is 38.7 Å². The van der Waals surface area contributed by atoms with E-state index in [1.807, 2.05) is 13.0 Å². The van der Waals surface area contributed by atoms with Crippen LogP contribution in [0, 0.1) is 6.92 Å². The van der Waals surface area contributed by atoms with Crippen molar-refractivity contribution in [1.82, 2.24) is 4.98 Å². The van der Waals surface area contributed by atoms with E-state index in [1.54, 1.807) is 6.20 Å². The fraction of sp³-hybridized carbons (Fsp3) is 0.545. The van der Waals surface area contributed by atoms with Crippen LogP contribution in [-0.4, -0.2) is 11.1 Å². The number of nitrogen functional groups attached to an aromatic ring is 1. The molecule has 1 saturated carbocycles. The molecule has 1 fully saturated rings. The Morgan fingerprint density at radius 1 is 1.43 bits per heavy atom. The van der Waals surface area contributed by atoms with Crippen molar-refractivity contribution >= 4 is 5.69 Å². The number of hydrogen-bond acceptors (Lipinski definition) is 3. The molecule has 0 aliphatic heterocycles. The van der Waals surface area contributed by atoms with Gasteiger partial charge in [-0.1, -0.05) is 0 Å². The lowest BCUT2D eigenvalue weighted by Gasteiger charge is -2.13. The average molecular weight is 192 g/mol. The van der Waals surface area contributed by atoms with Crippen molar-refractivity contribution in [3.05, 3.63) is 17.8 Å². The topological polar surface area (TPSA) is 48.1 Å². The standard InChI is InChI=1S/C11H16N2O/c1-8-6-9(12)7-13-11(8)14-10-4-2-3-5-10/h6-7,10H,2-5,12H2,1H3. The second-order valence-corrected chi connectivity index (χ2v) is 3.92. The summed E-state index contributed by atoms with van der Waals surface area (Å²) < 4.78 is 5.79. The predicted octanol–water partition coefficient (Wildman–Crippen LogP) is 2.29. The first-order chi connectivity index (χ1) is 6.75. The van der Waals surface area contributed by atoms with E-state index in [-0.39, 0.29) is 0 Å². The molecule has 14 heavy (non-hydrogen) atoms. The maximum atomic E-state index is 5.79. The highest BCUT2D eigenvalue weighted by Gasteiger charge is 2.17. The first kappa shape index (κ1) is 9.31. The quantitative estimate of drug-likeness (QED) is 0.782. The maximum Gasteiger partial charge on any atom is 0.216 e. The fourth-order valence-electron chi connectivity index (χ4n) is 1.87.